The first-order valence-electron chi connectivity index (χ1n) is 8.84. The molecule has 0 aromatic heterocycles. The van der Waals surface area contributed by atoms with Crippen LogP contribution in [0.3, 0.4) is 0 Å². The smallest absolute Gasteiger partial charge is 0.254 e. The quantitative estimate of drug-likeness (QED) is 0.814. The maximum atomic E-state index is 13.0. The van der Waals surface area contributed by atoms with Crippen LogP contribution in [-0.2, 0) is 4.79 Å². The van der Waals surface area contributed by atoms with Gasteiger partial charge in [-0.3, -0.25) is 9.59 Å². The van der Waals surface area contributed by atoms with Crippen LogP contribution >= 0.6 is 0 Å². The second-order valence-electron chi connectivity index (χ2n) is 6.55. The van der Waals surface area contributed by atoms with E-state index in [0.29, 0.717) is 30.0 Å². The van der Waals surface area contributed by atoms with Crippen molar-refractivity contribution in [3.05, 3.63) is 53.6 Å². The Hall–Kier alpha value is -3.02. The second kappa shape index (κ2) is 7.70. The molecule has 0 aliphatic carbocycles. The van der Waals surface area contributed by atoms with Gasteiger partial charge in [-0.25, -0.2) is 0 Å². The number of carbonyl (C=O) groups excluding carboxylic acids is 2. The van der Waals surface area contributed by atoms with Gasteiger partial charge in [0.25, 0.3) is 5.91 Å². The van der Waals surface area contributed by atoms with Gasteiger partial charge in [-0.15, -0.1) is 0 Å². The van der Waals surface area contributed by atoms with Gasteiger partial charge in [0.1, 0.15) is 17.5 Å². The number of carbonyl (C=O) groups is 2. The number of nitrogens with zero attached hydrogens (tertiary/aromatic N) is 2. The topological polar surface area (TPSA) is 59.1 Å². The van der Waals surface area contributed by atoms with E-state index in [4.69, 9.17) is 9.47 Å². The van der Waals surface area contributed by atoms with Gasteiger partial charge in [0.2, 0.25) is 5.91 Å². The van der Waals surface area contributed by atoms with Crippen molar-refractivity contribution in [3.8, 4) is 11.5 Å². The summed E-state index contributed by atoms with van der Waals surface area (Å²) in [7, 11) is 4.77. The monoisotopic (exact) mass is 368 g/mol. The molecule has 142 valence electrons. The van der Waals surface area contributed by atoms with Gasteiger partial charge in [0, 0.05) is 30.4 Å². The molecule has 27 heavy (non-hydrogen) atoms. The summed E-state index contributed by atoms with van der Waals surface area (Å²) < 4.78 is 10.7. The molecule has 0 saturated carbocycles. The lowest BCUT2D eigenvalue weighted by atomic mass is 10.1. The molecule has 1 unspecified atom stereocenters. The lowest BCUT2D eigenvalue weighted by Crippen LogP contribution is -2.43. The van der Waals surface area contributed by atoms with Crippen molar-refractivity contribution >= 4 is 17.5 Å². The maximum Gasteiger partial charge on any atom is 0.254 e. The van der Waals surface area contributed by atoms with Crippen LogP contribution < -0.4 is 14.4 Å². The van der Waals surface area contributed by atoms with Crippen LogP contribution in [0.1, 0.15) is 22.3 Å². The minimum absolute atomic E-state index is 0.0666. The van der Waals surface area contributed by atoms with Gasteiger partial charge in [0.05, 0.1) is 14.2 Å². The van der Waals surface area contributed by atoms with Crippen LogP contribution in [0, 0.1) is 6.92 Å². The molecule has 6 nitrogen and oxygen atoms in total. The van der Waals surface area contributed by atoms with Crippen molar-refractivity contribution in [2.24, 2.45) is 0 Å². The van der Waals surface area contributed by atoms with Gasteiger partial charge in [-0.1, -0.05) is 18.2 Å². The van der Waals surface area contributed by atoms with Gasteiger partial charge in [-0.05, 0) is 37.6 Å². The third kappa shape index (κ3) is 3.47. The Morgan fingerprint density at radius 1 is 1.11 bits per heavy atom. The standard InChI is InChI=1S/C21H24N2O4/c1-14-18(26-3)12-15(13-19(14)27-4)20(24)22(2)17-10-11-23(21(17)25)16-8-6-5-7-9-16/h5-9,12-13,17H,10-11H2,1-4H3. The average Bonchev–Trinajstić information content (AvgIpc) is 3.09. The van der Waals surface area contributed by atoms with Crippen LogP contribution in [0.5, 0.6) is 11.5 Å². The molecule has 1 aliphatic rings. The van der Waals surface area contributed by atoms with E-state index in [1.807, 2.05) is 37.3 Å². The molecule has 1 fully saturated rings. The predicted octanol–water partition coefficient (Wildman–Crippen LogP) is 2.89. The summed E-state index contributed by atoms with van der Waals surface area (Å²) in [5.74, 6) is 0.854. The molecule has 1 atom stereocenters. The minimum Gasteiger partial charge on any atom is -0.496 e. The third-order valence-corrected chi connectivity index (χ3v) is 5.03. The molecular weight excluding hydrogens is 344 g/mol. The fourth-order valence-corrected chi connectivity index (χ4v) is 3.44. The molecule has 0 bridgehead atoms. The summed E-state index contributed by atoms with van der Waals surface area (Å²) in [4.78, 5) is 29.1. The highest BCUT2D eigenvalue weighted by Gasteiger charge is 2.37. The van der Waals surface area contributed by atoms with Crippen LogP contribution in [0.4, 0.5) is 5.69 Å². The number of likely N-dealkylation sites (N-methyl/N-ethyl adjacent to an activating group) is 1. The first-order chi connectivity index (χ1) is 13.0. The molecule has 1 saturated heterocycles. The molecule has 6 heteroatoms. The zero-order chi connectivity index (χ0) is 19.6. The largest absolute Gasteiger partial charge is 0.496 e. The van der Waals surface area contributed by atoms with Crippen molar-refractivity contribution < 1.29 is 19.1 Å². The molecular formula is C21H24N2O4. The van der Waals surface area contributed by atoms with Crippen LogP contribution in [-0.4, -0.2) is 50.6 Å². The summed E-state index contributed by atoms with van der Waals surface area (Å²) >= 11 is 0. The lowest BCUT2D eigenvalue weighted by molar-refractivity contribution is -0.120. The number of amides is 2. The SMILES string of the molecule is COc1cc(C(=O)N(C)C2CCN(c3ccccc3)C2=O)cc(OC)c1C. The van der Waals surface area contributed by atoms with Crippen LogP contribution in [0.25, 0.3) is 0 Å². The number of ether oxygens (including phenoxy) is 2. The van der Waals surface area contributed by atoms with Gasteiger partial charge >= 0.3 is 0 Å². The fourth-order valence-electron chi connectivity index (χ4n) is 3.44. The average molecular weight is 368 g/mol. The number of anilines is 1. The Labute approximate surface area is 159 Å². The zero-order valence-electron chi connectivity index (χ0n) is 16.1. The summed E-state index contributed by atoms with van der Waals surface area (Å²) in [6.45, 7) is 2.46. The predicted molar refractivity (Wildman–Crippen MR) is 104 cm³/mol. The molecule has 2 aromatic rings. The van der Waals surface area contributed by atoms with E-state index in [1.54, 1.807) is 38.3 Å². The highest BCUT2D eigenvalue weighted by molar-refractivity contribution is 6.04. The number of rotatable bonds is 5. The first kappa shape index (κ1) is 18.8. The molecule has 0 radical (unpaired) electrons. The Morgan fingerprint density at radius 2 is 1.70 bits per heavy atom. The van der Waals surface area contributed by atoms with Crippen LogP contribution in [0.2, 0.25) is 0 Å². The summed E-state index contributed by atoms with van der Waals surface area (Å²) in [5.41, 5.74) is 2.11. The van der Waals surface area contributed by atoms with Gasteiger partial charge < -0.3 is 19.3 Å². The molecule has 0 spiro atoms. The van der Waals surface area contributed by atoms with Gasteiger partial charge in [-0.2, -0.15) is 0 Å². The molecule has 1 heterocycles. The van der Waals surface area contributed by atoms with E-state index in [9.17, 15) is 9.59 Å². The van der Waals surface area contributed by atoms with Crippen molar-refractivity contribution in [1.29, 1.82) is 0 Å². The van der Waals surface area contributed by atoms with Crippen molar-refractivity contribution in [3.63, 3.8) is 0 Å². The van der Waals surface area contributed by atoms with E-state index in [2.05, 4.69) is 0 Å². The van der Waals surface area contributed by atoms with Crippen molar-refractivity contribution in [1.82, 2.24) is 4.90 Å². The van der Waals surface area contributed by atoms with Crippen molar-refractivity contribution in [2.75, 3.05) is 32.7 Å². The number of hydrogen-bond acceptors (Lipinski definition) is 4. The van der Waals surface area contributed by atoms with E-state index >= 15 is 0 Å². The normalized spacial score (nSPS) is 16.4. The maximum absolute atomic E-state index is 13.0. The van der Waals surface area contributed by atoms with Crippen molar-refractivity contribution in [2.45, 2.75) is 19.4 Å². The fraction of sp³-hybridized carbons (Fsp3) is 0.333. The molecule has 2 amide bonds. The Kier molecular flexibility index (Phi) is 5.35. The number of benzene rings is 2. The van der Waals surface area contributed by atoms with Crippen LogP contribution in [0.15, 0.2) is 42.5 Å². The second-order valence-corrected chi connectivity index (χ2v) is 6.55. The minimum atomic E-state index is -0.490. The number of para-hydroxylation sites is 1. The molecule has 0 N–H and O–H groups in total. The highest BCUT2D eigenvalue weighted by atomic mass is 16.5. The highest BCUT2D eigenvalue weighted by Crippen LogP contribution is 2.31. The third-order valence-electron chi connectivity index (χ3n) is 5.03. The summed E-state index contributed by atoms with van der Waals surface area (Å²) in [5, 5.41) is 0. The Bertz CT molecular complexity index is 826. The molecule has 2 aromatic carbocycles. The summed E-state index contributed by atoms with van der Waals surface area (Å²) in [6.07, 6.45) is 0.593. The van der Waals surface area contributed by atoms with E-state index in [-0.39, 0.29) is 11.8 Å². The number of hydrogen-bond donors (Lipinski definition) is 0. The summed E-state index contributed by atoms with van der Waals surface area (Å²) in [6, 6.07) is 12.4. The van der Waals surface area contributed by atoms with E-state index in [1.165, 1.54) is 4.90 Å². The molecule has 1 aliphatic heterocycles. The lowest BCUT2D eigenvalue weighted by Gasteiger charge is -2.24. The van der Waals surface area contributed by atoms with Gasteiger partial charge in [0.15, 0.2) is 0 Å². The van der Waals surface area contributed by atoms with E-state index < -0.39 is 6.04 Å². The number of methoxy groups -OCH3 is 2. The molecule has 3 rings (SSSR count). The Morgan fingerprint density at radius 3 is 2.26 bits per heavy atom. The van der Waals surface area contributed by atoms with E-state index in [0.717, 1.165) is 11.3 Å². The Balaban J connectivity index is 1.83. The zero-order valence-corrected chi connectivity index (χ0v) is 16.1. The first-order valence-corrected chi connectivity index (χ1v) is 8.84.